The summed E-state index contributed by atoms with van der Waals surface area (Å²) >= 11 is 1.48. The van der Waals surface area contributed by atoms with Gasteiger partial charge in [-0.15, -0.1) is 11.3 Å². The van der Waals surface area contributed by atoms with E-state index in [-0.39, 0.29) is 5.91 Å². The van der Waals surface area contributed by atoms with E-state index in [4.69, 9.17) is 0 Å². The molecule has 2 heterocycles. The Morgan fingerprint density at radius 1 is 1.42 bits per heavy atom. The van der Waals surface area contributed by atoms with Crippen LogP contribution in [0.25, 0.3) is 10.9 Å². The summed E-state index contributed by atoms with van der Waals surface area (Å²) in [7, 11) is 0. The molecule has 0 N–H and O–H groups in total. The lowest BCUT2D eigenvalue weighted by Gasteiger charge is -1.96. The van der Waals surface area contributed by atoms with Crippen molar-refractivity contribution >= 4 is 39.5 Å². The van der Waals surface area contributed by atoms with Gasteiger partial charge in [-0.2, -0.15) is 0 Å². The second kappa shape index (κ2) is 4.78. The fourth-order valence-electron chi connectivity index (χ4n) is 1.97. The van der Waals surface area contributed by atoms with Gasteiger partial charge in [0, 0.05) is 41.9 Å². The van der Waals surface area contributed by atoms with Crippen molar-refractivity contribution in [3.8, 4) is 0 Å². The minimum Gasteiger partial charge on any atom is -0.287 e. The number of aliphatic imine (C=N–C) groups is 1. The molecule has 0 amide bonds. The fraction of sp³-hybridized carbons (Fsp3) is 0.0714. The molecule has 0 saturated carbocycles. The first kappa shape index (κ1) is 11.8. The Balaban J connectivity index is 2.11. The van der Waals surface area contributed by atoms with Crippen LogP contribution in [0.15, 0.2) is 47.0 Å². The van der Waals surface area contributed by atoms with Gasteiger partial charge in [0.2, 0.25) is 11.0 Å². The minimum absolute atomic E-state index is 0.00917. The first-order valence-electron chi connectivity index (χ1n) is 5.80. The van der Waals surface area contributed by atoms with Crippen LogP contribution >= 0.6 is 11.3 Å². The number of hydrogen-bond acceptors (Lipinski definition) is 4. The summed E-state index contributed by atoms with van der Waals surface area (Å²) in [6.07, 6.45) is 5.28. The highest BCUT2D eigenvalue weighted by molar-refractivity contribution is 7.13. The van der Waals surface area contributed by atoms with Crippen molar-refractivity contribution in [3.63, 3.8) is 0 Å². The maximum atomic E-state index is 11.6. The zero-order valence-electron chi connectivity index (χ0n) is 10.3. The van der Waals surface area contributed by atoms with Crippen LogP contribution in [0.5, 0.6) is 0 Å². The summed E-state index contributed by atoms with van der Waals surface area (Å²) in [5.74, 6) is -0.00917. The number of carbonyl (C=O) groups is 1. The molecule has 94 valence electrons. The van der Waals surface area contributed by atoms with Crippen LogP contribution in [0.1, 0.15) is 17.3 Å². The van der Waals surface area contributed by atoms with Gasteiger partial charge in [0.05, 0.1) is 5.52 Å². The molecule has 0 atom stereocenters. The highest BCUT2D eigenvalue weighted by Gasteiger charge is 2.08. The molecule has 0 saturated heterocycles. The molecule has 19 heavy (non-hydrogen) atoms. The number of para-hydroxylation sites is 1. The van der Waals surface area contributed by atoms with E-state index >= 15 is 0 Å². The maximum absolute atomic E-state index is 11.6. The van der Waals surface area contributed by atoms with E-state index in [0.29, 0.717) is 5.13 Å². The number of hydrogen-bond donors (Lipinski definition) is 0. The van der Waals surface area contributed by atoms with Crippen molar-refractivity contribution in [1.29, 1.82) is 0 Å². The number of aromatic nitrogens is 2. The van der Waals surface area contributed by atoms with Gasteiger partial charge in [-0.25, -0.2) is 9.98 Å². The van der Waals surface area contributed by atoms with Crippen molar-refractivity contribution in [2.24, 2.45) is 4.99 Å². The van der Waals surface area contributed by atoms with Crippen molar-refractivity contribution in [2.75, 3.05) is 0 Å². The molecule has 1 aromatic carbocycles. The van der Waals surface area contributed by atoms with Crippen LogP contribution in [0.4, 0.5) is 5.13 Å². The van der Waals surface area contributed by atoms with E-state index in [2.05, 4.69) is 9.98 Å². The third kappa shape index (κ3) is 2.20. The van der Waals surface area contributed by atoms with Gasteiger partial charge < -0.3 is 0 Å². The van der Waals surface area contributed by atoms with Gasteiger partial charge in [0.1, 0.15) is 0 Å². The van der Waals surface area contributed by atoms with Gasteiger partial charge in [0.15, 0.2) is 0 Å². The molecule has 3 rings (SSSR count). The highest BCUT2D eigenvalue weighted by Crippen LogP contribution is 2.21. The lowest BCUT2D eigenvalue weighted by molar-refractivity contribution is 0.0941. The molecule has 0 aliphatic carbocycles. The lowest BCUT2D eigenvalue weighted by Crippen LogP contribution is -2.02. The fourth-order valence-corrected chi connectivity index (χ4v) is 2.45. The van der Waals surface area contributed by atoms with Crippen molar-refractivity contribution in [3.05, 3.63) is 47.6 Å². The Kier molecular flexibility index (Phi) is 2.97. The van der Waals surface area contributed by atoms with Gasteiger partial charge in [0.25, 0.3) is 0 Å². The molecule has 0 radical (unpaired) electrons. The monoisotopic (exact) mass is 269 g/mol. The van der Waals surface area contributed by atoms with Crippen LogP contribution < -0.4 is 0 Å². The van der Waals surface area contributed by atoms with E-state index in [9.17, 15) is 4.79 Å². The number of carbonyl (C=O) groups excluding carboxylic acids is 1. The van der Waals surface area contributed by atoms with E-state index < -0.39 is 0 Å². The lowest BCUT2D eigenvalue weighted by atomic mass is 10.2. The Morgan fingerprint density at radius 3 is 3.00 bits per heavy atom. The Morgan fingerprint density at radius 2 is 2.26 bits per heavy atom. The Hall–Kier alpha value is -2.27. The van der Waals surface area contributed by atoms with Crippen molar-refractivity contribution in [2.45, 2.75) is 6.92 Å². The van der Waals surface area contributed by atoms with Gasteiger partial charge in [-0.3, -0.25) is 9.36 Å². The standard InChI is InChI=1S/C14H11N3OS/c1-10(18)17-9-11(8-16-14-15-6-7-19-14)12-4-2-3-5-13(12)17/h2-9H,1H3/b16-8+. The minimum atomic E-state index is -0.00917. The van der Waals surface area contributed by atoms with E-state index in [1.54, 1.807) is 23.9 Å². The molecule has 3 aromatic rings. The van der Waals surface area contributed by atoms with Crippen LogP contribution in [0.2, 0.25) is 0 Å². The normalized spacial score (nSPS) is 11.4. The maximum Gasteiger partial charge on any atom is 0.227 e. The van der Waals surface area contributed by atoms with Gasteiger partial charge >= 0.3 is 0 Å². The molecule has 2 aromatic heterocycles. The second-order valence-corrected chi connectivity index (χ2v) is 4.94. The number of benzene rings is 1. The third-order valence-corrected chi connectivity index (χ3v) is 3.49. The molecular weight excluding hydrogens is 258 g/mol. The van der Waals surface area contributed by atoms with Crippen LogP contribution in [-0.4, -0.2) is 21.7 Å². The zero-order valence-corrected chi connectivity index (χ0v) is 11.1. The largest absolute Gasteiger partial charge is 0.287 e. The Bertz CT molecular complexity index is 756. The number of fused-ring (bicyclic) bond motifs is 1. The van der Waals surface area contributed by atoms with Gasteiger partial charge in [-0.1, -0.05) is 18.2 Å². The summed E-state index contributed by atoms with van der Waals surface area (Å²) in [6, 6.07) is 7.78. The van der Waals surface area contributed by atoms with E-state index in [1.807, 2.05) is 35.8 Å². The predicted molar refractivity (Wildman–Crippen MR) is 77.6 cm³/mol. The first-order chi connectivity index (χ1) is 9.25. The average molecular weight is 269 g/mol. The highest BCUT2D eigenvalue weighted by atomic mass is 32.1. The SMILES string of the molecule is CC(=O)n1cc(/C=N/c2nccs2)c2ccccc21. The van der Waals surface area contributed by atoms with E-state index in [1.165, 1.54) is 11.3 Å². The third-order valence-electron chi connectivity index (χ3n) is 2.82. The van der Waals surface area contributed by atoms with Crippen LogP contribution in [0, 0.1) is 0 Å². The molecule has 0 aliphatic heterocycles. The summed E-state index contributed by atoms with van der Waals surface area (Å²) < 4.78 is 1.64. The smallest absolute Gasteiger partial charge is 0.227 e. The first-order valence-corrected chi connectivity index (χ1v) is 6.68. The topological polar surface area (TPSA) is 47.2 Å². The number of rotatable bonds is 2. The average Bonchev–Trinajstić information content (AvgIpc) is 3.04. The number of nitrogens with zero attached hydrogens (tertiary/aromatic N) is 3. The molecule has 4 nitrogen and oxygen atoms in total. The molecule has 0 unspecified atom stereocenters. The number of thiazole rings is 1. The zero-order chi connectivity index (χ0) is 13.2. The molecule has 0 spiro atoms. The molecule has 0 aliphatic rings. The molecule has 0 fully saturated rings. The predicted octanol–water partition coefficient (Wildman–Crippen LogP) is 3.51. The Labute approximate surface area is 114 Å². The quantitative estimate of drug-likeness (QED) is 0.668. The molecular formula is C14H11N3OS. The second-order valence-electron chi connectivity index (χ2n) is 4.06. The summed E-state index contributed by atoms with van der Waals surface area (Å²) in [5.41, 5.74) is 1.82. The van der Waals surface area contributed by atoms with Crippen molar-refractivity contribution in [1.82, 2.24) is 9.55 Å². The van der Waals surface area contributed by atoms with Gasteiger partial charge in [-0.05, 0) is 6.07 Å². The summed E-state index contributed by atoms with van der Waals surface area (Å²) in [5, 5.41) is 3.60. The van der Waals surface area contributed by atoms with E-state index in [0.717, 1.165) is 16.5 Å². The van der Waals surface area contributed by atoms with Crippen LogP contribution in [-0.2, 0) is 0 Å². The van der Waals surface area contributed by atoms with Crippen LogP contribution in [0.3, 0.4) is 0 Å². The van der Waals surface area contributed by atoms with Crippen molar-refractivity contribution < 1.29 is 4.79 Å². The summed E-state index contributed by atoms with van der Waals surface area (Å²) in [6.45, 7) is 1.55. The summed E-state index contributed by atoms with van der Waals surface area (Å²) in [4.78, 5) is 20.0. The molecule has 5 heteroatoms. The molecule has 0 bridgehead atoms.